The maximum atomic E-state index is 12.6. The zero-order chi connectivity index (χ0) is 20.1. The van der Waals surface area contributed by atoms with Gasteiger partial charge in [-0.15, -0.1) is 0 Å². The van der Waals surface area contributed by atoms with Gasteiger partial charge in [-0.3, -0.25) is 24.0 Å². The first kappa shape index (κ1) is 19.3. The second-order valence-corrected chi connectivity index (χ2v) is 7.30. The SMILES string of the molecule is O=C(CCn1cnc2ccccc2c1=O)N1CCN(CCc2ccccn2)CC1. The largest absolute Gasteiger partial charge is 0.340 e. The number of carbonyl (C=O) groups excluding carboxylic acids is 1. The van der Waals surface area contributed by atoms with Gasteiger partial charge in [-0.2, -0.15) is 0 Å². The van der Waals surface area contributed by atoms with Crippen molar-refractivity contribution in [2.45, 2.75) is 19.4 Å². The van der Waals surface area contributed by atoms with E-state index in [1.807, 2.05) is 47.5 Å². The molecule has 1 fully saturated rings. The van der Waals surface area contributed by atoms with Crippen molar-refractivity contribution in [1.29, 1.82) is 0 Å². The lowest BCUT2D eigenvalue weighted by Gasteiger charge is -2.34. The Labute approximate surface area is 169 Å². The third-order valence-electron chi connectivity index (χ3n) is 5.43. The van der Waals surface area contributed by atoms with Crippen molar-refractivity contribution in [2.75, 3.05) is 32.7 Å². The van der Waals surface area contributed by atoms with Crippen LogP contribution in [0.3, 0.4) is 0 Å². The Hall–Kier alpha value is -3.06. The molecular formula is C22H25N5O2. The van der Waals surface area contributed by atoms with Crippen LogP contribution in [0.5, 0.6) is 0 Å². The molecule has 1 aliphatic rings. The summed E-state index contributed by atoms with van der Waals surface area (Å²) in [6.45, 7) is 4.51. The average molecular weight is 391 g/mol. The van der Waals surface area contributed by atoms with Crippen LogP contribution < -0.4 is 5.56 Å². The summed E-state index contributed by atoms with van der Waals surface area (Å²) in [7, 11) is 0. The number of rotatable bonds is 6. The number of hydrogen-bond acceptors (Lipinski definition) is 5. The zero-order valence-corrected chi connectivity index (χ0v) is 16.4. The van der Waals surface area contributed by atoms with Gasteiger partial charge >= 0.3 is 0 Å². The highest BCUT2D eigenvalue weighted by Crippen LogP contribution is 2.08. The summed E-state index contributed by atoms with van der Waals surface area (Å²) >= 11 is 0. The number of pyridine rings is 1. The molecule has 0 radical (unpaired) electrons. The molecule has 1 amide bonds. The van der Waals surface area contributed by atoms with Crippen LogP contribution in [0.15, 0.2) is 59.8 Å². The lowest BCUT2D eigenvalue weighted by atomic mass is 10.2. The van der Waals surface area contributed by atoms with E-state index in [1.165, 1.54) is 10.9 Å². The molecule has 7 nitrogen and oxygen atoms in total. The van der Waals surface area contributed by atoms with Crippen LogP contribution in [-0.4, -0.2) is 63.0 Å². The molecule has 0 aliphatic carbocycles. The van der Waals surface area contributed by atoms with Gasteiger partial charge in [0.05, 0.1) is 17.2 Å². The van der Waals surface area contributed by atoms with Gasteiger partial charge in [0.2, 0.25) is 5.91 Å². The molecule has 150 valence electrons. The van der Waals surface area contributed by atoms with E-state index < -0.39 is 0 Å². The number of nitrogens with zero attached hydrogens (tertiary/aromatic N) is 5. The lowest BCUT2D eigenvalue weighted by molar-refractivity contribution is -0.133. The maximum Gasteiger partial charge on any atom is 0.261 e. The van der Waals surface area contributed by atoms with Crippen LogP contribution in [-0.2, 0) is 17.8 Å². The number of para-hydroxylation sites is 1. The quantitative estimate of drug-likeness (QED) is 0.638. The lowest BCUT2D eigenvalue weighted by Crippen LogP contribution is -2.49. The molecule has 7 heteroatoms. The van der Waals surface area contributed by atoms with Crippen LogP contribution in [0.2, 0.25) is 0 Å². The molecule has 0 saturated carbocycles. The Morgan fingerprint density at radius 2 is 1.72 bits per heavy atom. The summed E-state index contributed by atoms with van der Waals surface area (Å²) in [5.41, 5.74) is 1.69. The minimum atomic E-state index is -0.0947. The van der Waals surface area contributed by atoms with Crippen molar-refractivity contribution >= 4 is 16.8 Å². The first-order valence-corrected chi connectivity index (χ1v) is 10.0. The van der Waals surface area contributed by atoms with Gasteiger partial charge in [0.25, 0.3) is 5.56 Å². The van der Waals surface area contributed by atoms with Crippen LogP contribution in [0.4, 0.5) is 0 Å². The Morgan fingerprint density at radius 1 is 0.931 bits per heavy atom. The molecule has 1 aromatic carbocycles. The Morgan fingerprint density at radius 3 is 2.52 bits per heavy atom. The normalized spacial score (nSPS) is 15.0. The van der Waals surface area contributed by atoms with E-state index in [1.54, 1.807) is 6.07 Å². The number of carbonyl (C=O) groups is 1. The van der Waals surface area contributed by atoms with E-state index in [2.05, 4.69) is 14.9 Å². The molecule has 0 N–H and O–H groups in total. The first-order chi connectivity index (χ1) is 14.2. The summed E-state index contributed by atoms with van der Waals surface area (Å²) in [6.07, 6.45) is 4.59. The van der Waals surface area contributed by atoms with Crippen LogP contribution >= 0.6 is 0 Å². The van der Waals surface area contributed by atoms with E-state index in [0.717, 1.165) is 44.8 Å². The summed E-state index contributed by atoms with van der Waals surface area (Å²) < 4.78 is 1.53. The number of amides is 1. The Bertz CT molecular complexity index is 1030. The monoisotopic (exact) mass is 391 g/mol. The third-order valence-corrected chi connectivity index (χ3v) is 5.43. The van der Waals surface area contributed by atoms with Gasteiger partial charge in [-0.1, -0.05) is 18.2 Å². The molecule has 3 heterocycles. The Kier molecular flexibility index (Phi) is 5.95. The minimum absolute atomic E-state index is 0.0921. The number of aromatic nitrogens is 3. The fourth-order valence-corrected chi connectivity index (χ4v) is 3.68. The number of piperazine rings is 1. The molecule has 0 atom stereocenters. The fourth-order valence-electron chi connectivity index (χ4n) is 3.68. The third kappa shape index (κ3) is 4.68. The standard InChI is InChI=1S/C22H25N5O2/c28-21(9-12-27-17-24-20-7-2-1-6-19(20)22(27)29)26-15-13-25(14-16-26)11-8-18-5-3-4-10-23-18/h1-7,10,17H,8-9,11-16H2. The first-order valence-electron chi connectivity index (χ1n) is 10.0. The van der Waals surface area contributed by atoms with Crippen LogP contribution in [0.1, 0.15) is 12.1 Å². The van der Waals surface area contributed by atoms with Gasteiger partial charge in [0.15, 0.2) is 0 Å². The van der Waals surface area contributed by atoms with Gasteiger partial charge in [-0.05, 0) is 24.3 Å². The molecule has 4 rings (SSSR count). The van der Waals surface area contributed by atoms with E-state index in [9.17, 15) is 9.59 Å². The van der Waals surface area contributed by atoms with Crippen molar-refractivity contribution in [3.8, 4) is 0 Å². The number of benzene rings is 1. The topological polar surface area (TPSA) is 71.3 Å². The van der Waals surface area contributed by atoms with Crippen molar-refractivity contribution < 1.29 is 4.79 Å². The number of fused-ring (bicyclic) bond motifs is 1. The molecule has 0 unspecified atom stereocenters. The maximum absolute atomic E-state index is 12.6. The van der Waals surface area contributed by atoms with Crippen molar-refractivity contribution in [1.82, 2.24) is 24.3 Å². The number of hydrogen-bond donors (Lipinski definition) is 0. The van der Waals surface area contributed by atoms with E-state index in [4.69, 9.17) is 0 Å². The molecular weight excluding hydrogens is 366 g/mol. The molecule has 29 heavy (non-hydrogen) atoms. The predicted molar refractivity (Wildman–Crippen MR) is 112 cm³/mol. The summed E-state index contributed by atoms with van der Waals surface area (Å²) in [4.78, 5) is 38.1. The number of aryl methyl sites for hydroxylation is 1. The highest BCUT2D eigenvalue weighted by Gasteiger charge is 2.21. The smallest absolute Gasteiger partial charge is 0.261 e. The summed E-state index contributed by atoms with van der Waals surface area (Å²) in [6, 6.07) is 13.3. The minimum Gasteiger partial charge on any atom is -0.340 e. The fraction of sp³-hybridized carbons (Fsp3) is 0.364. The molecule has 3 aromatic rings. The van der Waals surface area contributed by atoms with Gasteiger partial charge in [0.1, 0.15) is 0 Å². The van der Waals surface area contributed by atoms with Crippen LogP contribution in [0.25, 0.3) is 10.9 Å². The summed E-state index contributed by atoms with van der Waals surface area (Å²) in [5, 5.41) is 0.587. The van der Waals surface area contributed by atoms with Crippen molar-refractivity contribution in [3.05, 3.63) is 71.0 Å². The predicted octanol–water partition coefficient (Wildman–Crippen LogP) is 1.57. The highest BCUT2D eigenvalue weighted by molar-refractivity contribution is 5.77. The van der Waals surface area contributed by atoms with E-state index in [-0.39, 0.29) is 11.5 Å². The van der Waals surface area contributed by atoms with E-state index >= 15 is 0 Å². The van der Waals surface area contributed by atoms with E-state index in [0.29, 0.717) is 23.9 Å². The van der Waals surface area contributed by atoms with Gasteiger partial charge in [-0.25, -0.2) is 4.98 Å². The second-order valence-electron chi connectivity index (χ2n) is 7.30. The highest BCUT2D eigenvalue weighted by atomic mass is 16.2. The molecule has 0 spiro atoms. The molecule has 1 aliphatic heterocycles. The zero-order valence-electron chi connectivity index (χ0n) is 16.4. The summed E-state index contributed by atoms with van der Waals surface area (Å²) in [5.74, 6) is 0.0921. The molecule has 0 bridgehead atoms. The average Bonchev–Trinajstić information content (AvgIpc) is 2.78. The second kappa shape index (κ2) is 8.96. The molecule has 2 aromatic heterocycles. The Balaban J connectivity index is 1.26. The van der Waals surface area contributed by atoms with Crippen LogP contribution in [0, 0.1) is 0 Å². The van der Waals surface area contributed by atoms with Gasteiger partial charge < -0.3 is 4.90 Å². The van der Waals surface area contributed by atoms with Gasteiger partial charge in [0, 0.05) is 64.0 Å². The molecule has 1 saturated heterocycles. The van der Waals surface area contributed by atoms with Crippen molar-refractivity contribution in [2.24, 2.45) is 0 Å². The van der Waals surface area contributed by atoms with Crippen molar-refractivity contribution in [3.63, 3.8) is 0 Å².